The van der Waals surface area contributed by atoms with Crippen molar-refractivity contribution in [3.63, 3.8) is 0 Å². The monoisotopic (exact) mass is 408 g/mol. The standard InChI is InChI=1S/C19H19BrF2N2O/c20-16-4-1-3-15(12-16)19(25)24-8-2-7-23(9-10-24)13-14-5-6-17(21)18(22)11-14/h1,3-6,11-12H,2,7-10,13H2. The summed E-state index contributed by atoms with van der Waals surface area (Å²) in [5.41, 5.74) is 1.41. The molecule has 3 rings (SSSR count). The molecule has 1 aliphatic heterocycles. The van der Waals surface area contributed by atoms with Gasteiger partial charge in [0.15, 0.2) is 11.6 Å². The first-order valence-corrected chi connectivity index (χ1v) is 9.03. The number of rotatable bonds is 3. The maximum Gasteiger partial charge on any atom is 0.253 e. The second-order valence-corrected chi connectivity index (χ2v) is 7.10. The van der Waals surface area contributed by atoms with Gasteiger partial charge in [0, 0.05) is 42.8 Å². The summed E-state index contributed by atoms with van der Waals surface area (Å²) in [7, 11) is 0. The van der Waals surface area contributed by atoms with Crippen LogP contribution in [0.3, 0.4) is 0 Å². The first-order valence-electron chi connectivity index (χ1n) is 8.24. The Labute approximate surface area is 154 Å². The molecule has 6 heteroatoms. The zero-order valence-electron chi connectivity index (χ0n) is 13.7. The molecule has 0 spiro atoms. The predicted molar refractivity (Wildman–Crippen MR) is 96.3 cm³/mol. The lowest BCUT2D eigenvalue weighted by Gasteiger charge is -2.22. The van der Waals surface area contributed by atoms with E-state index in [2.05, 4.69) is 20.8 Å². The lowest BCUT2D eigenvalue weighted by atomic mass is 10.2. The molecular formula is C19H19BrF2N2O. The van der Waals surface area contributed by atoms with Crippen molar-refractivity contribution in [1.29, 1.82) is 0 Å². The highest BCUT2D eigenvalue weighted by Crippen LogP contribution is 2.16. The fourth-order valence-corrected chi connectivity index (χ4v) is 3.43. The Morgan fingerprint density at radius 3 is 2.60 bits per heavy atom. The lowest BCUT2D eigenvalue weighted by Crippen LogP contribution is -2.35. The van der Waals surface area contributed by atoms with Gasteiger partial charge in [-0.2, -0.15) is 0 Å². The third-order valence-corrected chi connectivity index (χ3v) is 4.83. The molecule has 0 atom stereocenters. The summed E-state index contributed by atoms with van der Waals surface area (Å²) in [5.74, 6) is -1.62. The summed E-state index contributed by atoms with van der Waals surface area (Å²) in [5, 5.41) is 0. The summed E-state index contributed by atoms with van der Waals surface area (Å²) in [6.07, 6.45) is 0.851. The number of carbonyl (C=O) groups is 1. The van der Waals surface area contributed by atoms with Gasteiger partial charge in [0.05, 0.1) is 0 Å². The minimum atomic E-state index is -0.828. The van der Waals surface area contributed by atoms with E-state index < -0.39 is 11.6 Å². The van der Waals surface area contributed by atoms with E-state index in [1.54, 1.807) is 6.07 Å². The van der Waals surface area contributed by atoms with Gasteiger partial charge in [-0.3, -0.25) is 9.69 Å². The van der Waals surface area contributed by atoms with Crippen LogP contribution in [0.25, 0.3) is 0 Å². The molecule has 1 fully saturated rings. The Morgan fingerprint density at radius 1 is 1.00 bits per heavy atom. The molecular weight excluding hydrogens is 390 g/mol. The van der Waals surface area contributed by atoms with Gasteiger partial charge in [0.1, 0.15) is 0 Å². The van der Waals surface area contributed by atoms with Gasteiger partial charge in [0.25, 0.3) is 5.91 Å². The Morgan fingerprint density at radius 2 is 1.84 bits per heavy atom. The number of nitrogens with zero attached hydrogens (tertiary/aromatic N) is 2. The van der Waals surface area contributed by atoms with E-state index >= 15 is 0 Å². The largest absolute Gasteiger partial charge is 0.337 e. The van der Waals surface area contributed by atoms with Gasteiger partial charge in [-0.25, -0.2) is 8.78 Å². The topological polar surface area (TPSA) is 23.6 Å². The fraction of sp³-hybridized carbons (Fsp3) is 0.316. The van der Waals surface area contributed by atoms with Crippen molar-refractivity contribution < 1.29 is 13.6 Å². The Kier molecular flexibility index (Phi) is 5.81. The van der Waals surface area contributed by atoms with Gasteiger partial charge in [-0.15, -0.1) is 0 Å². The van der Waals surface area contributed by atoms with Gasteiger partial charge >= 0.3 is 0 Å². The van der Waals surface area contributed by atoms with E-state index in [4.69, 9.17) is 0 Å². The molecule has 2 aromatic carbocycles. The Balaban J connectivity index is 1.62. The van der Waals surface area contributed by atoms with Crippen molar-refractivity contribution >= 4 is 21.8 Å². The molecule has 0 unspecified atom stereocenters. The lowest BCUT2D eigenvalue weighted by molar-refractivity contribution is 0.0761. The van der Waals surface area contributed by atoms with E-state index in [1.807, 2.05) is 29.2 Å². The molecule has 0 aromatic heterocycles. The first-order chi connectivity index (χ1) is 12.0. The zero-order chi connectivity index (χ0) is 17.8. The maximum absolute atomic E-state index is 13.4. The number of hydrogen-bond acceptors (Lipinski definition) is 2. The summed E-state index contributed by atoms with van der Waals surface area (Å²) >= 11 is 3.39. The first kappa shape index (κ1) is 18.0. The van der Waals surface area contributed by atoms with Crippen LogP contribution in [-0.2, 0) is 6.54 Å². The van der Waals surface area contributed by atoms with Crippen molar-refractivity contribution in [2.75, 3.05) is 26.2 Å². The minimum Gasteiger partial charge on any atom is -0.337 e. The van der Waals surface area contributed by atoms with Crippen LogP contribution in [0, 0.1) is 11.6 Å². The van der Waals surface area contributed by atoms with Gasteiger partial charge in [-0.1, -0.05) is 28.1 Å². The van der Waals surface area contributed by atoms with E-state index in [-0.39, 0.29) is 5.91 Å². The summed E-state index contributed by atoms with van der Waals surface area (Å²) in [6.45, 7) is 3.39. The Bertz CT molecular complexity index is 769. The van der Waals surface area contributed by atoms with E-state index in [9.17, 15) is 13.6 Å². The SMILES string of the molecule is O=C(c1cccc(Br)c1)N1CCCN(Cc2ccc(F)c(F)c2)CC1. The average Bonchev–Trinajstić information content (AvgIpc) is 2.83. The predicted octanol–water partition coefficient (Wildman–Crippen LogP) is 4.08. The van der Waals surface area contributed by atoms with Crippen LogP contribution >= 0.6 is 15.9 Å². The quantitative estimate of drug-likeness (QED) is 0.763. The fourth-order valence-electron chi connectivity index (χ4n) is 3.03. The van der Waals surface area contributed by atoms with Gasteiger partial charge in [0.2, 0.25) is 0 Å². The molecule has 25 heavy (non-hydrogen) atoms. The normalized spacial score (nSPS) is 15.9. The van der Waals surface area contributed by atoms with Crippen molar-refractivity contribution in [1.82, 2.24) is 9.80 Å². The number of benzene rings is 2. The van der Waals surface area contributed by atoms with Crippen molar-refractivity contribution in [3.05, 3.63) is 69.7 Å². The molecule has 0 bridgehead atoms. The number of hydrogen-bond donors (Lipinski definition) is 0. The number of halogens is 3. The molecule has 0 N–H and O–H groups in total. The van der Waals surface area contributed by atoms with E-state index in [1.165, 1.54) is 6.07 Å². The molecule has 3 nitrogen and oxygen atoms in total. The van der Waals surface area contributed by atoms with Crippen molar-refractivity contribution in [2.24, 2.45) is 0 Å². The summed E-state index contributed by atoms with van der Waals surface area (Å²) in [6, 6.07) is 11.4. The van der Waals surface area contributed by atoms with Gasteiger partial charge in [-0.05, 0) is 42.3 Å². The average molecular weight is 409 g/mol. The molecule has 1 amide bonds. The van der Waals surface area contributed by atoms with Crippen molar-refractivity contribution in [3.8, 4) is 0 Å². The van der Waals surface area contributed by atoms with Gasteiger partial charge < -0.3 is 4.90 Å². The van der Waals surface area contributed by atoms with Crippen LogP contribution in [0.1, 0.15) is 22.3 Å². The molecule has 0 aliphatic carbocycles. The zero-order valence-corrected chi connectivity index (χ0v) is 15.3. The van der Waals surface area contributed by atoms with Crippen LogP contribution in [0.15, 0.2) is 46.9 Å². The molecule has 1 saturated heterocycles. The highest BCUT2D eigenvalue weighted by atomic mass is 79.9. The van der Waals surface area contributed by atoms with Crippen LogP contribution in [-0.4, -0.2) is 41.9 Å². The summed E-state index contributed by atoms with van der Waals surface area (Å²) in [4.78, 5) is 16.7. The summed E-state index contributed by atoms with van der Waals surface area (Å²) < 4.78 is 27.3. The van der Waals surface area contributed by atoms with Crippen LogP contribution in [0.5, 0.6) is 0 Å². The number of carbonyl (C=O) groups excluding carboxylic acids is 1. The van der Waals surface area contributed by atoms with Crippen LogP contribution in [0.2, 0.25) is 0 Å². The van der Waals surface area contributed by atoms with E-state index in [0.29, 0.717) is 31.7 Å². The molecule has 1 heterocycles. The highest BCUT2D eigenvalue weighted by molar-refractivity contribution is 9.10. The second-order valence-electron chi connectivity index (χ2n) is 6.18. The molecule has 0 radical (unpaired) electrons. The molecule has 132 valence electrons. The van der Waals surface area contributed by atoms with Crippen LogP contribution < -0.4 is 0 Å². The van der Waals surface area contributed by atoms with Crippen molar-refractivity contribution in [2.45, 2.75) is 13.0 Å². The third kappa shape index (κ3) is 4.64. The molecule has 2 aromatic rings. The Hall–Kier alpha value is -1.79. The second kappa shape index (κ2) is 8.06. The van der Waals surface area contributed by atoms with Crippen LogP contribution in [0.4, 0.5) is 8.78 Å². The maximum atomic E-state index is 13.4. The minimum absolute atomic E-state index is 0.0241. The molecule has 0 saturated carbocycles. The third-order valence-electron chi connectivity index (χ3n) is 4.34. The highest BCUT2D eigenvalue weighted by Gasteiger charge is 2.20. The number of amides is 1. The molecule has 1 aliphatic rings. The smallest absolute Gasteiger partial charge is 0.253 e. The van der Waals surface area contributed by atoms with E-state index in [0.717, 1.165) is 29.1 Å².